The third kappa shape index (κ3) is 13.5. The lowest BCUT2D eigenvalue weighted by Crippen LogP contribution is -2.52. The normalized spacial score (nSPS) is 13.6. The number of rotatable bonds is 21. The molecule has 13 nitrogen and oxygen atoms in total. The third-order valence-corrected chi connectivity index (χ3v) is 10.2. The van der Waals surface area contributed by atoms with Crippen molar-refractivity contribution in [1.82, 2.24) is 13.9 Å². The first-order valence-electron chi connectivity index (χ1n) is 14.1. The van der Waals surface area contributed by atoms with Gasteiger partial charge in [0, 0.05) is 31.7 Å². The molecule has 0 unspecified atom stereocenters. The highest BCUT2D eigenvalue weighted by atomic mass is 32.2. The first-order chi connectivity index (χ1) is 20.4. The number of amides is 2. The van der Waals surface area contributed by atoms with Crippen LogP contribution in [0.15, 0.2) is 60.7 Å². The highest BCUT2D eigenvalue weighted by Gasteiger charge is 2.30. The number of carbonyl (C=O) groups is 2. The molecule has 0 fully saturated rings. The number of carbonyl (C=O) groups excluding carboxylic acids is 2. The van der Waals surface area contributed by atoms with Gasteiger partial charge in [0.2, 0.25) is 31.9 Å². The van der Waals surface area contributed by atoms with Gasteiger partial charge in [0.15, 0.2) is 0 Å². The minimum Gasteiger partial charge on any atom is -0.369 e. The smallest absolute Gasteiger partial charge is 0.235 e. The van der Waals surface area contributed by atoms with Crippen molar-refractivity contribution in [2.45, 2.75) is 43.5 Å². The van der Waals surface area contributed by atoms with Crippen molar-refractivity contribution in [3.05, 3.63) is 71.8 Å². The monoisotopic (exact) mass is 639 g/mol. The first kappa shape index (κ1) is 36.3. The Labute approximate surface area is 255 Å². The summed E-state index contributed by atoms with van der Waals surface area (Å²) in [5.41, 5.74) is 24.2. The quantitative estimate of drug-likeness (QED) is 0.106. The maximum absolute atomic E-state index is 13.5. The van der Waals surface area contributed by atoms with Crippen LogP contribution in [0.4, 0.5) is 0 Å². The summed E-state index contributed by atoms with van der Waals surface area (Å²) in [6, 6.07) is 16.6. The van der Waals surface area contributed by atoms with Crippen LogP contribution in [-0.2, 0) is 41.8 Å². The predicted octanol–water partition coefficient (Wildman–Crippen LogP) is -0.922. The molecular weight excluding hydrogens is 594 g/mol. The molecule has 2 aromatic carbocycles. The highest BCUT2D eigenvalue weighted by Crippen LogP contribution is 2.14. The molecule has 0 aliphatic carbocycles. The second kappa shape index (κ2) is 18.0. The molecule has 0 aromatic heterocycles. The Morgan fingerprint density at radius 3 is 1.91 bits per heavy atom. The average molecular weight is 640 g/mol. The fourth-order valence-electron chi connectivity index (χ4n) is 4.55. The van der Waals surface area contributed by atoms with Gasteiger partial charge < -0.3 is 28.3 Å². The van der Waals surface area contributed by atoms with Crippen molar-refractivity contribution in [1.29, 1.82) is 0 Å². The fourth-order valence-corrected chi connectivity index (χ4v) is 7.36. The Morgan fingerprint density at radius 2 is 1.35 bits per heavy atom. The van der Waals surface area contributed by atoms with Gasteiger partial charge in [0.05, 0.1) is 24.6 Å². The van der Waals surface area contributed by atoms with Crippen molar-refractivity contribution in [3.63, 3.8) is 0 Å². The number of nitrogens with zero attached hydrogens (tertiary/aromatic N) is 2. The van der Waals surface area contributed by atoms with Crippen molar-refractivity contribution in [3.8, 4) is 0 Å². The van der Waals surface area contributed by atoms with E-state index in [2.05, 4.69) is 5.32 Å². The summed E-state index contributed by atoms with van der Waals surface area (Å²) in [5, 5.41) is 2.77. The number of nitrogens with one attached hydrogen (secondary N) is 1. The Hall–Kier alpha value is -2.92. The molecule has 2 aromatic rings. The molecule has 0 aliphatic heterocycles. The van der Waals surface area contributed by atoms with E-state index < -0.39 is 62.8 Å². The number of hydrogen-bond acceptors (Lipinski definition) is 9. The van der Waals surface area contributed by atoms with Gasteiger partial charge in [-0.05, 0) is 36.9 Å². The molecule has 15 heteroatoms. The molecule has 2 rings (SSSR count). The number of unbranched alkanes of at least 4 members (excludes halogenated alkanes) is 1. The van der Waals surface area contributed by atoms with E-state index in [1.54, 1.807) is 30.3 Å². The van der Waals surface area contributed by atoms with E-state index in [0.29, 0.717) is 37.8 Å². The molecule has 240 valence electrons. The number of primary amides is 1. The van der Waals surface area contributed by atoms with Crippen LogP contribution in [0.5, 0.6) is 0 Å². The number of nitrogens with two attached hydrogens (primary N) is 4. The third-order valence-electron chi connectivity index (χ3n) is 6.58. The van der Waals surface area contributed by atoms with Crippen LogP contribution in [0.25, 0.3) is 0 Å². The molecule has 2 amide bonds. The van der Waals surface area contributed by atoms with Gasteiger partial charge in [0.1, 0.15) is 0 Å². The van der Waals surface area contributed by atoms with Gasteiger partial charge in [-0.1, -0.05) is 67.1 Å². The molecule has 0 heterocycles. The van der Waals surface area contributed by atoms with Gasteiger partial charge in [0.25, 0.3) is 0 Å². The Kier molecular flexibility index (Phi) is 15.2. The topological polar surface area (TPSA) is 225 Å². The van der Waals surface area contributed by atoms with E-state index in [9.17, 15) is 26.4 Å². The van der Waals surface area contributed by atoms with Crippen LogP contribution in [-0.4, -0.2) is 94.4 Å². The minimum absolute atomic E-state index is 0.117. The molecular formula is C28H45N7O6S2. The predicted molar refractivity (Wildman–Crippen MR) is 167 cm³/mol. The summed E-state index contributed by atoms with van der Waals surface area (Å²) in [7, 11) is -7.94. The second-order valence-electron chi connectivity index (χ2n) is 10.4. The van der Waals surface area contributed by atoms with Gasteiger partial charge in [-0.15, -0.1) is 0 Å². The van der Waals surface area contributed by atoms with Crippen LogP contribution in [0.3, 0.4) is 0 Å². The Bertz CT molecular complexity index is 1350. The first-order valence-corrected chi connectivity index (χ1v) is 17.3. The zero-order chi connectivity index (χ0) is 31.9. The standard InChI is InChI=1S/C28H45N7O6S2/c29-14-8-7-13-26(19-35(20-27(32)36)42(38,39)16-15-30)33-28(37)21-34(18-25(31)17-23-9-3-1-4-10-23)43(40,41)22-24-11-5-2-6-12-24/h1-6,9-12,25-26H,7-8,13-22,29-31H2,(H2,32,36)(H,33,37)/t25-,26-/m0/s1. The summed E-state index contributed by atoms with van der Waals surface area (Å²) in [4.78, 5) is 25.0. The summed E-state index contributed by atoms with van der Waals surface area (Å²) >= 11 is 0. The lowest BCUT2D eigenvalue weighted by Gasteiger charge is -2.29. The zero-order valence-electron chi connectivity index (χ0n) is 24.4. The minimum atomic E-state index is -3.99. The van der Waals surface area contributed by atoms with Crippen LogP contribution in [0, 0.1) is 0 Å². The summed E-state index contributed by atoms with van der Waals surface area (Å²) < 4.78 is 54.6. The number of sulfonamides is 2. The Morgan fingerprint density at radius 1 is 0.767 bits per heavy atom. The van der Waals surface area contributed by atoms with Crippen LogP contribution in [0.1, 0.15) is 30.4 Å². The van der Waals surface area contributed by atoms with Gasteiger partial charge in [-0.2, -0.15) is 8.61 Å². The largest absolute Gasteiger partial charge is 0.369 e. The van der Waals surface area contributed by atoms with E-state index in [1.165, 1.54) is 0 Å². The van der Waals surface area contributed by atoms with E-state index in [-0.39, 0.29) is 25.4 Å². The molecule has 0 bridgehead atoms. The van der Waals surface area contributed by atoms with E-state index >= 15 is 0 Å². The highest BCUT2D eigenvalue weighted by molar-refractivity contribution is 7.89. The van der Waals surface area contributed by atoms with Crippen molar-refractivity contribution >= 4 is 31.9 Å². The zero-order valence-corrected chi connectivity index (χ0v) is 26.0. The van der Waals surface area contributed by atoms with Crippen molar-refractivity contribution in [2.75, 3.05) is 45.0 Å². The summed E-state index contributed by atoms with van der Waals surface area (Å²) in [5.74, 6) is -2.24. The molecule has 43 heavy (non-hydrogen) atoms. The maximum Gasteiger partial charge on any atom is 0.235 e. The number of benzene rings is 2. The van der Waals surface area contributed by atoms with Gasteiger partial charge in [-0.25, -0.2) is 16.8 Å². The Balaban J connectivity index is 2.27. The average Bonchev–Trinajstić information content (AvgIpc) is 2.93. The molecule has 0 saturated heterocycles. The van der Waals surface area contributed by atoms with Crippen molar-refractivity contribution < 1.29 is 26.4 Å². The van der Waals surface area contributed by atoms with Crippen LogP contribution >= 0.6 is 0 Å². The molecule has 0 aliphatic rings. The van der Waals surface area contributed by atoms with E-state index in [4.69, 9.17) is 22.9 Å². The summed E-state index contributed by atoms with van der Waals surface area (Å²) in [6.07, 6.45) is 1.90. The molecule has 0 spiro atoms. The van der Waals surface area contributed by atoms with Crippen molar-refractivity contribution in [2.24, 2.45) is 22.9 Å². The molecule has 9 N–H and O–H groups in total. The van der Waals surface area contributed by atoms with Crippen LogP contribution < -0.4 is 28.3 Å². The lowest BCUT2D eigenvalue weighted by atomic mass is 10.1. The van der Waals surface area contributed by atoms with E-state index in [0.717, 1.165) is 14.2 Å². The second-order valence-corrected chi connectivity index (χ2v) is 14.5. The lowest BCUT2D eigenvalue weighted by molar-refractivity contribution is -0.122. The van der Waals surface area contributed by atoms with Gasteiger partial charge in [-0.3, -0.25) is 9.59 Å². The maximum atomic E-state index is 13.5. The van der Waals surface area contributed by atoms with Crippen LogP contribution in [0.2, 0.25) is 0 Å². The van der Waals surface area contributed by atoms with E-state index in [1.807, 2.05) is 30.3 Å². The van der Waals surface area contributed by atoms with Gasteiger partial charge >= 0.3 is 0 Å². The fraction of sp³-hybridized carbons (Fsp3) is 0.500. The molecule has 2 atom stereocenters. The molecule has 0 saturated carbocycles. The number of hydrogen-bond donors (Lipinski definition) is 5. The SMILES string of the molecule is NCCCC[C@@H](CN(CC(N)=O)S(=O)(=O)CCN)NC(=O)CN(C[C@@H](N)Cc1ccccc1)S(=O)(=O)Cc1ccccc1. The molecule has 0 radical (unpaired) electrons. The summed E-state index contributed by atoms with van der Waals surface area (Å²) in [6.45, 7) is -1.25.